The van der Waals surface area contributed by atoms with Crippen LogP contribution in [0.3, 0.4) is 0 Å². The minimum absolute atomic E-state index is 0.0352. The zero-order valence-corrected chi connectivity index (χ0v) is 27.3. The van der Waals surface area contributed by atoms with Gasteiger partial charge in [-0.2, -0.15) is 13.2 Å². The molecule has 0 saturated heterocycles. The number of alkyl halides is 3. The van der Waals surface area contributed by atoms with Gasteiger partial charge in [-0.15, -0.1) is 0 Å². The number of carbonyl (C=O) groups excluding carboxylic acids is 2. The van der Waals surface area contributed by atoms with Crippen LogP contribution in [-0.2, 0) is 15.8 Å². The molecule has 5 rings (SSSR count). The standard InChI is InChI=1S/C32H32F3IN2O6/c1-30(2)12-20-27(22(39)14-30)26(28-21(37(20)5)13-31(3,4)15-23(28)40)16-9-18(36)29(25(10-16)43-6)44-24-8-7-17(32(33,34)35)11-19(24)38(41)42/h7-11,26H,12-15H2,1-6H3. The average molecular weight is 725 g/mol. The van der Waals surface area contributed by atoms with Crippen LogP contribution in [0.5, 0.6) is 17.2 Å². The van der Waals surface area contributed by atoms with Crippen molar-refractivity contribution in [1.82, 2.24) is 4.90 Å². The molecule has 2 aromatic rings. The van der Waals surface area contributed by atoms with Crippen LogP contribution >= 0.6 is 22.6 Å². The molecular weight excluding hydrogens is 692 g/mol. The predicted octanol–water partition coefficient (Wildman–Crippen LogP) is 8.33. The third-order valence-electron chi connectivity index (χ3n) is 8.46. The maximum Gasteiger partial charge on any atom is 0.416 e. The highest BCUT2D eigenvalue weighted by molar-refractivity contribution is 14.1. The molecule has 0 saturated carbocycles. The lowest BCUT2D eigenvalue weighted by atomic mass is 9.64. The van der Waals surface area contributed by atoms with Gasteiger partial charge in [-0.25, -0.2) is 0 Å². The molecule has 0 spiro atoms. The number of nitro groups is 1. The molecule has 0 aromatic heterocycles. The Labute approximate surface area is 266 Å². The molecular formula is C32H32F3IN2O6. The molecule has 3 aliphatic rings. The number of halogens is 4. The number of benzene rings is 2. The summed E-state index contributed by atoms with van der Waals surface area (Å²) in [6, 6.07) is 5.41. The molecule has 0 N–H and O–H groups in total. The van der Waals surface area contributed by atoms with Crippen LogP contribution in [0.15, 0.2) is 52.9 Å². The van der Waals surface area contributed by atoms with Crippen LogP contribution in [0.2, 0.25) is 0 Å². The van der Waals surface area contributed by atoms with Gasteiger partial charge in [0.1, 0.15) is 0 Å². The van der Waals surface area contributed by atoms with E-state index in [0.29, 0.717) is 58.1 Å². The molecule has 234 valence electrons. The molecule has 12 heteroatoms. The van der Waals surface area contributed by atoms with Crippen molar-refractivity contribution in [2.24, 2.45) is 10.8 Å². The number of nitrogens with zero attached hydrogens (tertiary/aromatic N) is 2. The lowest BCUT2D eigenvalue weighted by Crippen LogP contribution is -2.43. The minimum atomic E-state index is -4.77. The van der Waals surface area contributed by atoms with Gasteiger partial charge in [0, 0.05) is 54.4 Å². The van der Waals surface area contributed by atoms with Gasteiger partial charge in [0.25, 0.3) is 0 Å². The Morgan fingerprint density at radius 2 is 1.48 bits per heavy atom. The Bertz CT molecular complexity index is 1620. The molecule has 1 aliphatic heterocycles. The van der Waals surface area contributed by atoms with E-state index in [1.807, 2.05) is 34.5 Å². The van der Waals surface area contributed by atoms with E-state index in [9.17, 15) is 32.9 Å². The predicted molar refractivity (Wildman–Crippen MR) is 164 cm³/mol. The van der Waals surface area contributed by atoms with E-state index >= 15 is 0 Å². The average Bonchev–Trinajstić information content (AvgIpc) is 2.89. The first kappa shape index (κ1) is 32.0. The van der Waals surface area contributed by atoms with Crippen molar-refractivity contribution in [3.8, 4) is 17.2 Å². The van der Waals surface area contributed by atoms with Crippen LogP contribution in [0, 0.1) is 24.5 Å². The summed E-state index contributed by atoms with van der Waals surface area (Å²) in [7, 11) is 3.29. The van der Waals surface area contributed by atoms with Crippen molar-refractivity contribution in [1.29, 1.82) is 0 Å². The van der Waals surface area contributed by atoms with E-state index < -0.39 is 34.0 Å². The number of methoxy groups -OCH3 is 1. The lowest BCUT2D eigenvalue weighted by Gasteiger charge is -2.48. The Kier molecular flexibility index (Phi) is 7.91. The summed E-state index contributed by atoms with van der Waals surface area (Å²) in [5, 5.41) is 11.7. The Balaban J connectivity index is 1.66. The number of carbonyl (C=O) groups is 2. The topological polar surface area (TPSA) is 99.0 Å². The van der Waals surface area contributed by atoms with Gasteiger partial charge in [0.05, 0.1) is 21.2 Å². The summed E-state index contributed by atoms with van der Waals surface area (Å²) >= 11 is 1.96. The Morgan fingerprint density at radius 3 is 1.95 bits per heavy atom. The molecule has 0 amide bonds. The minimum Gasteiger partial charge on any atom is -0.493 e. The third kappa shape index (κ3) is 5.72. The fraction of sp³-hybridized carbons (Fsp3) is 0.438. The van der Waals surface area contributed by atoms with Crippen LogP contribution < -0.4 is 9.47 Å². The van der Waals surface area contributed by atoms with Gasteiger partial charge in [-0.1, -0.05) is 27.7 Å². The van der Waals surface area contributed by atoms with Crippen LogP contribution in [0.4, 0.5) is 18.9 Å². The van der Waals surface area contributed by atoms with E-state index in [-0.39, 0.29) is 33.9 Å². The molecule has 0 radical (unpaired) electrons. The maximum atomic E-state index is 13.8. The number of Topliss-reactive ketones (excluding diaryl/α,β-unsaturated/α-hetero) is 2. The summed E-state index contributed by atoms with van der Waals surface area (Å²) < 4.78 is 51.7. The van der Waals surface area contributed by atoms with E-state index in [4.69, 9.17) is 9.47 Å². The van der Waals surface area contributed by atoms with Crippen LogP contribution in [0.1, 0.15) is 70.4 Å². The van der Waals surface area contributed by atoms with Crippen molar-refractivity contribution in [3.63, 3.8) is 0 Å². The smallest absolute Gasteiger partial charge is 0.416 e. The van der Waals surface area contributed by atoms with Crippen LogP contribution in [0.25, 0.3) is 0 Å². The monoisotopic (exact) mass is 724 g/mol. The fourth-order valence-electron chi connectivity index (χ4n) is 6.54. The van der Waals surface area contributed by atoms with Crippen molar-refractivity contribution >= 4 is 39.8 Å². The normalized spacial score (nSPS) is 20.0. The third-order valence-corrected chi connectivity index (χ3v) is 9.26. The summed E-state index contributed by atoms with van der Waals surface area (Å²) in [4.78, 5) is 40.4. The highest BCUT2D eigenvalue weighted by Gasteiger charge is 2.48. The number of ether oxygens (including phenoxy) is 2. The van der Waals surface area contributed by atoms with Gasteiger partial charge in [0.15, 0.2) is 23.1 Å². The van der Waals surface area contributed by atoms with Crippen LogP contribution in [-0.4, -0.2) is 35.5 Å². The maximum absolute atomic E-state index is 13.8. The van der Waals surface area contributed by atoms with Gasteiger partial charge in [-0.3, -0.25) is 19.7 Å². The molecule has 44 heavy (non-hydrogen) atoms. The summed E-state index contributed by atoms with van der Waals surface area (Å²) in [5.41, 5.74) is 0.979. The first-order valence-corrected chi connectivity index (χ1v) is 15.1. The number of rotatable bonds is 5. The highest BCUT2D eigenvalue weighted by atomic mass is 127. The van der Waals surface area contributed by atoms with Crippen molar-refractivity contribution < 1.29 is 37.2 Å². The van der Waals surface area contributed by atoms with Gasteiger partial charge < -0.3 is 14.4 Å². The van der Waals surface area contributed by atoms with Gasteiger partial charge >= 0.3 is 11.9 Å². The van der Waals surface area contributed by atoms with E-state index in [1.54, 1.807) is 12.1 Å². The summed E-state index contributed by atoms with van der Waals surface area (Å²) in [5.74, 6) is -0.908. The SMILES string of the molecule is COc1cc(C2C3=C(CC(C)(C)CC3=O)N(C)C3=C2C(=O)CC(C)(C)C3)cc(I)c1Oc1ccc(C(F)(F)F)cc1[N+](=O)[O-]. The molecule has 0 fully saturated rings. The molecule has 8 nitrogen and oxygen atoms in total. The summed E-state index contributed by atoms with van der Waals surface area (Å²) in [6.45, 7) is 8.21. The number of hydrogen-bond acceptors (Lipinski definition) is 7. The van der Waals surface area contributed by atoms with E-state index in [1.165, 1.54) is 7.11 Å². The largest absolute Gasteiger partial charge is 0.493 e. The lowest BCUT2D eigenvalue weighted by molar-refractivity contribution is -0.385. The van der Waals surface area contributed by atoms with E-state index in [0.717, 1.165) is 17.5 Å². The van der Waals surface area contributed by atoms with Crippen molar-refractivity contribution in [2.75, 3.05) is 14.2 Å². The second kappa shape index (κ2) is 10.9. The number of nitro benzene ring substituents is 1. The first-order chi connectivity index (χ1) is 20.3. The zero-order chi connectivity index (χ0) is 32.5. The fourth-order valence-corrected chi connectivity index (χ4v) is 7.27. The van der Waals surface area contributed by atoms with Gasteiger partial charge in [0.2, 0.25) is 5.75 Å². The van der Waals surface area contributed by atoms with E-state index in [2.05, 4.69) is 27.7 Å². The second-order valence-corrected chi connectivity index (χ2v) is 14.3. The highest BCUT2D eigenvalue weighted by Crippen LogP contribution is 2.55. The molecule has 0 unspecified atom stereocenters. The van der Waals surface area contributed by atoms with Crippen molar-refractivity contribution in [3.05, 3.63) is 77.7 Å². The molecule has 0 atom stereocenters. The number of allylic oxidation sites excluding steroid dienone is 4. The molecule has 2 aliphatic carbocycles. The zero-order valence-electron chi connectivity index (χ0n) is 25.1. The number of ketones is 2. The quantitative estimate of drug-likeness (QED) is 0.174. The van der Waals surface area contributed by atoms with Gasteiger partial charge in [-0.05, 0) is 76.1 Å². The Morgan fingerprint density at radius 1 is 0.932 bits per heavy atom. The molecule has 1 heterocycles. The molecule has 2 aromatic carbocycles. The first-order valence-electron chi connectivity index (χ1n) is 14.0. The second-order valence-electron chi connectivity index (χ2n) is 13.2. The number of hydrogen-bond donors (Lipinski definition) is 0. The van der Waals surface area contributed by atoms with Crippen molar-refractivity contribution in [2.45, 2.75) is 65.5 Å². The molecule has 0 bridgehead atoms. The Hall–Kier alpha value is -3.42. The summed E-state index contributed by atoms with van der Waals surface area (Å²) in [6.07, 6.45) is -2.82.